The van der Waals surface area contributed by atoms with Crippen LogP contribution in [-0.2, 0) is 4.74 Å². The summed E-state index contributed by atoms with van der Waals surface area (Å²) in [4.78, 5) is 23.6. The first kappa shape index (κ1) is 14.9. The summed E-state index contributed by atoms with van der Waals surface area (Å²) < 4.78 is 4.83. The average molecular weight is 307 g/mol. The van der Waals surface area contributed by atoms with Crippen LogP contribution in [0.3, 0.4) is 0 Å². The molecule has 21 heavy (non-hydrogen) atoms. The van der Waals surface area contributed by atoms with E-state index in [1.54, 1.807) is 18.2 Å². The monoisotopic (exact) mass is 306 g/mol. The summed E-state index contributed by atoms with van der Waals surface area (Å²) in [5.41, 5.74) is 0.113. The summed E-state index contributed by atoms with van der Waals surface area (Å²) in [5.74, 6) is -1.93. The molecule has 0 heterocycles. The molecule has 0 unspecified atom stereocenters. The first-order valence-corrected chi connectivity index (χ1v) is 6.33. The largest absolute Gasteiger partial charge is 0.508 e. The lowest BCUT2D eigenvalue weighted by Crippen LogP contribution is -2.14. The predicted octanol–water partition coefficient (Wildman–Crippen LogP) is 2.79. The van der Waals surface area contributed by atoms with E-state index >= 15 is 0 Å². The van der Waals surface area contributed by atoms with Crippen LogP contribution in [0.1, 0.15) is 20.7 Å². The number of carbonyl (C=O) groups is 2. The summed E-state index contributed by atoms with van der Waals surface area (Å²) in [6, 6.07) is 9.84. The summed E-state index contributed by atoms with van der Waals surface area (Å²) >= 11 is 5.86. The van der Waals surface area contributed by atoms with Crippen molar-refractivity contribution in [3.8, 4) is 11.5 Å². The standard InChI is InChI=1S/C15H11ClO5/c16-12-4-2-1-3-10(12)14(19)8-21-15(20)11-6-5-9(17)7-13(11)18/h1-7,17-18H,8H2. The van der Waals surface area contributed by atoms with E-state index in [1.807, 2.05) is 0 Å². The number of carbonyl (C=O) groups excluding carboxylic acids is 2. The Hall–Kier alpha value is -2.53. The van der Waals surface area contributed by atoms with Gasteiger partial charge in [-0.1, -0.05) is 23.7 Å². The first-order chi connectivity index (χ1) is 9.99. The van der Waals surface area contributed by atoms with Crippen molar-refractivity contribution in [3.05, 3.63) is 58.6 Å². The quantitative estimate of drug-likeness (QED) is 0.670. The van der Waals surface area contributed by atoms with Crippen LogP contribution in [0.2, 0.25) is 5.02 Å². The Morgan fingerprint density at radius 3 is 2.43 bits per heavy atom. The zero-order valence-electron chi connectivity index (χ0n) is 10.7. The second-order valence-corrected chi connectivity index (χ2v) is 4.59. The zero-order valence-corrected chi connectivity index (χ0v) is 11.5. The highest BCUT2D eigenvalue weighted by Gasteiger charge is 2.16. The van der Waals surface area contributed by atoms with Crippen LogP contribution in [0.4, 0.5) is 0 Å². The topological polar surface area (TPSA) is 83.8 Å². The Morgan fingerprint density at radius 2 is 1.76 bits per heavy atom. The fraction of sp³-hybridized carbons (Fsp3) is 0.0667. The van der Waals surface area contributed by atoms with E-state index in [0.29, 0.717) is 0 Å². The number of hydrogen-bond donors (Lipinski definition) is 2. The number of aromatic hydroxyl groups is 2. The number of benzene rings is 2. The number of Topliss-reactive ketones (excluding diaryl/α,β-unsaturated/α-hetero) is 1. The van der Waals surface area contributed by atoms with Crippen LogP contribution in [-0.4, -0.2) is 28.6 Å². The van der Waals surface area contributed by atoms with Crippen LogP contribution in [0.5, 0.6) is 11.5 Å². The summed E-state index contributed by atoms with van der Waals surface area (Å²) in [5, 5.41) is 18.9. The molecule has 2 aromatic rings. The molecule has 0 aliphatic heterocycles. The highest BCUT2D eigenvalue weighted by atomic mass is 35.5. The van der Waals surface area contributed by atoms with Gasteiger partial charge < -0.3 is 14.9 Å². The molecular formula is C15H11ClO5. The molecule has 0 bridgehead atoms. The van der Waals surface area contributed by atoms with E-state index in [9.17, 15) is 14.7 Å². The summed E-state index contributed by atoms with van der Waals surface area (Å²) in [7, 11) is 0. The number of halogens is 1. The number of ketones is 1. The maximum atomic E-state index is 11.9. The normalized spacial score (nSPS) is 10.1. The Bertz CT molecular complexity index is 696. The van der Waals surface area contributed by atoms with E-state index in [4.69, 9.17) is 21.4 Å². The Morgan fingerprint density at radius 1 is 1.05 bits per heavy atom. The van der Waals surface area contributed by atoms with Gasteiger partial charge in [-0.3, -0.25) is 4.79 Å². The van der Waals surface area contributed by atoms with Gasteiger partial charge in [0.05, 0.1) is 5.02 Å². The van der Waals surface area contributed by atoms with Crippen molar-refractivity contribution in [1.82, 2.24) is 0 Å². The molecule has 108 valence electrons. The minimum Gasteiger partial charge on any atom is -0.508 e. The van der Waals surface area contributed by atoms with Gasteiger partial charge >= 0.3 is 5.97 Å². The SMILES string of the molecule is O=C(OCC(=O)c1ccccc1Cl)c1ccc(O)cc1O. The predicted molar refractivity (Wildman–Crippen MR) is 75.8 cm³/mol. The number of phenolic OH excluding ortho intramolecular Hbond substituents is 2. The van der Waals surface area contributed by atoms with E-state index in [2.05, 4.69) is 0 Å². The molecule has 0 fully saturated rings. The molecule has 0 aromatic heterocycles. The second kappa shape index (κ2) is 6.28. The van der Waals surface area contributed by atoms with Crippen molar-refractivity contribution in [2.24, 2.45) is 0 Å². The van der Waals surface area contributed by atoms with Gasteiger partial charge in [-0.15, -0.1) is 0 Å². The van der Waals surface area contributed by atoms with Crippen LogP contribution < -0.4 is 0 Å². The highest BCUT2D eigenvalue weighted by molar-refractivity contribution is 6.34. The van der Waals surface area contributed by atoms with Crippen molar-refractivity contribution >= 4 is 23.4 Å². The molecule has 0 radical (unpaired) electrons. The van der Waals surface area contributed by atoms with Crippen LogP contribution >= 0.6 is 11.6 Å². The molecule has 2 rings (SSSR count). The van der Waals surface area contributed by atoms with E-state index in [-0.39, 0.29) is 21.9 Å². The van der Waals surface area contributed by atoms with Crippen molar-refractivity contribution in [3.63, 3.8) is 0 Å². The van der Waals surface area contributed by atoms with Crippen molar-refractivity contribution in [2.75, 3.05) is 6.61 Å². The van der Waals surface area contributed by atoms with Crippen LogP contribution in [0.25, 0.3) is 0 Å². The van der Waals surface area contributed by atoms with Crippen molar-refractivity contribution in [1.29, 1.82) is 0 Å². The number of esters is 1. The molecule has 0 aliphatic carbocycles. The minimum absolute atomic E-state index is 0.139. The van der Waals surface area contributed by atoms with Gasteiger partial charge in [0.1, 0.15) is 17.1 Å². The van der Waals surface area contributed by atoms with Gasteiger partial charge in [-0.25, -0.2) is 4.79 Å². The molecule has 0 saturated carbocycles. The van der Waals surface area contributed by atoms with E-state index in [0.717, 1.165) is 6.07 Å². The van der Waals surface area contributed by atoms with E-state index in [1.165, 1.54) is 18.2 Å². The summed E-state index contributed by atoms with van der Waals surface area (Å²) in [6.45, 7) is -0.497. The van der Waals surface area contributed by atoms with Gasteiger partial charge in [0.2, 0.25) is 5.78 Å². The fourth-order valence-corrected chi connectivity index (χ4v) is 1.91. The van der Waals surface area contributed by atoms with Gasteiger partial charge in [0.25, 0.3) is 0 Å². The molecule has 2 aromatic carbocycles. The second-order valence-electron chi connectivity index (χ2n) is 4.18. The molecule has 0 atom stereocenters. The number of ether oxygens (including phenoxy) is 1. The van der Waals surface area contributed by atoms with Gasteiger partial charge in [0.15, 0.2) is 6.61 Å². The smallest absolute Gasteiger partial charge is 0.342 e. The lowest BCUT2D eigenvalue weighted by atomic mass is 10.1. The van der Waals surface area contributed by atoms with Crippen LogP contribution in [0, 0.1) is 0 Å². The third kappa shape index (κ3) is 3.52. The van der Waals surface area contributed by atoms with Crippen molar-refractivity contribution in [2.45, 2.75) is 0 Å². The molecule has 6 heteroatoms. The van der Waals surface area contributed by atoms with E-state index < -0.39 is 24.1 Å². The zero-order chi connectivity index (χ0) is 15.4. The molecular weight excluding hydrogens is 296 g/mol. The Balaban J connectivity index is 2.04. The lowest BCUT2D eigenvalue weighted by Gasteiger charge is -2.07. The molecule has 0 saturated heterocycles. The number of phenols is 2. The summed E-state index contributed by atoms with van der Waals surface area (Å²) in [6.07, 6.45) is 0. The fourth-order valence-electron chi connectivity index (χ4n) is 1.67. The molecule has 0 amide bonds. The molecule has 0 aliphatic rings. The first-order valence-electron chi connectivity index (χ1n) is 5.96. The average Bonchev–Trinajstić information content (AvgIpc) is 2.45. The Labute approximate surface area is 125 Å². The van der Waals surface area contributed by atoms with Crippen molar-refractivity contribution < 1.29 is 24.5 Å². The maximum Gasteiger partial charge on any atom is 0.342 e. The number of hydrogen-bond acceptors (Lipinski definition) is 5. The van der Waals surface area contributed by atoms with Gasteiger partial charge in [0, 0.05) is 11.6 Å². The van der Waals surface area contributed by atoms with Gasteiger partial charge in [-0.05, 0) is 24.3 Å². The third-order valence-corrected chi connectivity index (χ3v) is 3.04. The lowest BCUT2D eigenvalue weighted by molar-refractivity contribution is 0.0472. The maximum absolute atomic E-state index is 11.9. The van der Waals surface area contributed by atoms with Crippen LogP contribution in [0.15, 0.2) is 42.5 Å². The molecule has 5 nitrogen and oxygen atoms in total. The molecule has 2 N–H and O–H groups in total. The third-order valence-electron chi connectivity index (χ3n) is 2.71. The number of rotatable bonds is 4. The highest BCUT2D eigenvalue weighted by Crippen LogP contribution is 2.23. The minimum atomic E-state index is -0.868. The molecule has 0 spiro atoms. The van der Waals surface area contributed by atoms with Gasteiger partial charge in [-0.2, -0.15) is 0 Å². The Kier molecular flexibility index (Phi) is 4.45.